The second-order valence-electron chi connectivity index (χ2n) is 7.38. The molecule has 0 saturated carbocycles. The molecule has 0 bridgehead atoms. The fourth-order valence-corrected chi connectivity index (χ4v) is 3.58. The van der Waals surface area contributed by atoms with E-state index in [0.29, 0.717) is 29.4 Å². The third kappa shape index (κ3) is 5.48. The number of ether oxygens (including phenoxy) is 1. The van der Waals surface area contributed by atoms with Crippen LogP contribution in [0.2, 0.25) is 0 Å². The topological polar surface area (TPSA) is 75.5 Å². The Bertz CT molecular complexity index is 965. The predicted octanol–water partition coefficient (Wildman–Crippen LogP) is 4.58. The van der Waals surface area contributed by atoms with Gasteiger partial charge in [-0.25, -0.2) is 0 Å². The number of rotatable bonds is 6. The Morgan fingerprint density at radius 3 is 2.87 bits per heavy atom. The Morgan fingerprint density at radius 1 is 1.23 bits per heavy atom. The van der Waals surface area contributed by atoms with E-state index in [1.807, 2.05) is 48.5 Å². The number of nitrogens with zero attached hydrogens (tertiary/aromatic N) is 3. The van der Waals surface area contributed by atoms with Crippen LogP contribution in [0.5, 0.6) is 11.6 Å². The lowest BCUT2D eigenvalue weighted by Crippen LogP contribution is -2.35. The number of hydrogen-bond donors (Lipinski definition) is 2. The van der Waals surface area contributed by atoms with Gasteiger partial charge < -0.3 is 24.7 Å². The minimum atomic E-state index is 0.397. The average Bonchev–Trinajstić information content (AvgIpc) is 3.27. The molecule has 4 rings (SSSR count). The number of para-hydroxylation sites is 1. The maximum Gasteiger partial charge on any atom is 0.234 e. The lowest BCUT2D eigenvalue weighted by molar-refractivity contribution is 0.440. The average molecular weight is 424 g/mol. The molecule has 1 aromatic carbocycles. The van der Waals surface area contributed by atoms with Gasteiger partial charge in [-0.1, -0.05) is 25.1 Å². The van der Waals surface area contributed by atoms with Gasteiger partial charge in [0, 0.05) is 19.2 Å². The molecule has 0 aliphatic carbocycles. The van der Waals surface area contributed by atoms with Gasteiger partial charge in [-0.3, -0.25) is 0 Å². The Morgan fingerprint density at radius 2 is 2.10 bits per heavy atom. The highest BCUT2D eigenvalue weighted by Crippen LogP contribution is 2.27. The minimum Gasteiger partial charge on any atom is -0.467 e. The van der Waals surface area contributed by atoms with Crippen LogP contribution in [-0.2, 0) is 6.54 Å². The molecule has 2 N–H and O–H groups in total. The molecule has 7 nitrogen and oxygen atoms in total. The zero-order chi connectivity index (χ0) is 20.8. The fourth-order valence-electron chi connectivity index (χ4n) is 3.42. The first-order chi connectivity index (χ1) is 14.7. The van der Waals surface area contributed by atoms with Crippen molar-refractivity contribution in [1.82, 2.24) is 15.3 Å². The Balaban J connectivity index is 1.52. The standard InChI is InChI=1S/C22H25N5O2S/c1-16-7-5-11-27(15-16)19-13-20(29-17-8-3-2-4-9-17)25-21(24-19)26-22(30)23-14-18-10-6-12-28-18/h2-4,6,8-10,12-13,16H,5,7,11,14-15H2,1H3,(H2,23,24,25,26,30)/t16-/m0/s1. The minimum absolute atomic E-state index is 0.397. The maximum atomic E-state index is 5.98. The summed E-state index contributed by atoms with van der Waals surface area (Å²) in [6.45, 7) is 4.67. The number of anilines is 2. The van der Waals surface area contributed by atoms with Crippen LogP contribution >= 0.6 is 12.2 Å². The van der Waals surface area contributed by atoms with E-state index in [2.05, 4.69) is 27.4 Å². The van der Waals surface area contributed by atoms with Gasteiger partial charge in [-0.05, 0) is 55.2 Å². The van der Waals surface area contributed by atoms with Gasteiger partial charge in [0.05, 0.1) is 12.8 Å². The first-order valence-corrected chi connectivity index (χ1v) is 10.5. The molecular weight excluding hydrogens is 398 g/mol. The largest absolute Gasteiger partial charge is 0.467 e. The highest BCUT2D eigenvalue weighted by atomic mass is 32.1. The number of furan rings is 1. The van der Waals surface area contributed by atoms with E-state index in [4.69, 9.17) is 26.4 Å². The smallest absolute Gasteiger partial charge is 0.234 e. The van der Waals surface area contributed by atoms with Crippen LogP contribution in [0.25, 0.3) is 0 Å². The first-order valence-electron chi connectivity index (χ1n) is 10.1. The molecule has 1 fully saturated rings. The van der Waals surface area contributed by atoms with Gasteiger partial charge in [0.1, 0.15) is 17.3 Å². The lowest BCUT2D eigenvalue weighted by Gasteiger charge is -2.32. The van der Waals surface area contributed by atoms with Crippen LogP contribution in [0.4, 0.5) is 11.8 Å². The quantitative estimate of drug-likeness (QED) is 0.558. The van der Waals surface area contributed by atoms with Crippen LogP contribution in [0.15, 0.2) is 59.2 Å². The molecule has 3 heterocycles. The third-order valence-electron chi connectivity index (χ3n) is 4.86. The fraction of sp³-hybridized carbons (Fsp3) is 0.318. The molecule has 1 saturated heterocycles. The summed E-state index contributed by atoms with van der Waals surface area (Å²) in [5.74, 6) is 3.84. The molecule has 0 unspecified atom stereocenters. The SMILES string of the molecule is C[C@H]1CCCN(c2cc(Oc3ccccc3)nc(NC(=S)NCc3ccco3)n2)C1. The summed E-state index contributed by atoms with van der Waals surface area (Å²) in [6, 6.07) is 15.2. The Hall–Kier alpha value is -3.13. The summed E-state index contributed by atoms with van der Waals surface area (Å²) in [5, 5.41) is 6.59. The van der Waals surface area contributed by atoms with E-state index in [0.717, 1.165) is 36.8 Å². The van der Waals surface area contributed by atoms with E-state index in [1.54, 1.807) is 6.26 Å². The van der Waals surface area contributed by atoms with E-state index in [-0.39, 0.29) is 0 Å². The number of nitrogens with one attached hydrogen (secondary N) is 2. The molecule has 156 valence electrons. The molecule has 0 spiro atoms. The summed E-state index contributed by atoms with van der Waals surface area (Å²) in [5.41, 5.74) is 0. The predicted molar refractivity (Wildman–Crippen MR) is 121 cm³/mol. The third-order valence-corrected chi connectivity index (χ3v) is 5.11. The van der Waals surface area contributed by atoms with Gasteiger partial charge in [0.25, 0.3) is 0 Å². The van der Waals surface area contributed by atoms with Gasteiger partial charge in [0.15, 0.2) is 5.11 Å². The molecule has 8 heteroatoms. The highest BCUT2D eigenvalue weighted by molar-refractivity contribution is 7.80. The molecule has 30 heavy (non-hydrogen) atoms. The van der Waals surface area contributed by atoms with Crippen LogP contribution in [0.3, 0.4) is 0 Å². The Labute approximate surface area is 181 Å². The maximum absolute atomic E-state index is 5.98. The number of piperidine rings is 1. The van der Waals surface area contributed by atoms with Crippen molar-refractivity contribution in [3.63, 3.8) is 0 Å². The molecule has 2 aromatic heterocycles. The van der Waals surface area contributed by atoms with Gasteiger partial charge in [-0.15, -0.1) is 0 Å². The molecule has 0 amide bonds. The summed E-state index contributed by atoms with van der Waals surface area (Å²) < 4.78 is 11.3. The summed E-state index contributed by atoms with van der Waals surface area (Å²) in [6.07, 6.45) is 4.01. The van der Waals surface area contributed by atoms with Gasteiger partial charge in [0.2, 0.25) is 11.8 Å². The molecule has 3 aromatic rings. The van der Waals surface area contributed by atoms with Crippen LogP contribution in [-0.4, -0.2) is 28.2 Å². The van der Waals surface area contributed by atoms with Crippen molar-refractivity contribution in [3.05, 3.63) is 60.6 Å². The summed E-state index contributed by atoms with van der Waals surface area (Å²) >= 11 is 5.40. The molecule has 1 aliphatic heterocycles. The van der Waals surface area contributed by atoms with Crippen molar-refractivity contribution in [1.29, 1.82) is 0 Å². The van der Waals surface area contributed by atoms with Crippen LogP contribution < -0.4 is 20.3 Å². The van der Waals surface area contributed by atoms with E-state index in [9.17, 15) is 0 Å². The molecule has 1 aliphatic rings. The number of thiocarbonyl (C=S) groups is 1. The van der Waals surface area contributed by atoms with E-state index in [1.165, 1.54) is 6.42 Å². The van der Waals surface area contributed by atoms with Crippen molar-refractivity contribution in [2.75, 3.05) is 23.3 Å². The molecule has 1 atom stereocenters. The second-order valence-corrected chi connectivity index (χ2v) is 7.79. The van der Waals surface area contributed by atoms with Crippen LogP contribution in [0.1, 0.15) is 25.5 Å². The molecular formula is C22H25N5O2S. The zero-order valence-electron chi connectivity index (χ0n) is 16.9. The first kappa shape index (κ1) is 20.2. The zero-order valence-corrected chi connectivity index (χ0v) is 17.7. The lowest BCUT2D eigenvalue weighted by atomic mass is 10.0. The monoisotopic (exact) mass is 423 g/mol. The van der Waals surface area contributed by atoms with Crippen molar-refractivity contribution in [2.45, 2.75) is 26.3 Å². The van der Waals surface area contributed by atoms with Crippen molar-refractivity contribution < 1.29 is 9.15 Å². The van der Waals surface area contributed by atoms with E-state index < -0.39 is 0 Å². The summed E-state index contributed by atoms with van der Waals surface area (Å²) in [7, 11) is 0. The summed E-state index contributed by atoms with van der Waals surface area (Å²) in [4.78, 5) is 11.5. The number of hydrogen-bond acceptors (Lipinski definition) is 6. The number of aromatic nitrogens is 2. The number of benzene rings is 1. The van der Waals surface area contributed by atoms with Gasteiger partial charge >= 0.3 is 0 Å². The van der Waals surface area contributed by atoms with Gasteiger partial charge in [-0.2, -0.15) is 9.97 Å². The highest BCUT2D eigenvalue weighted by Gasteiger charge is 2.20. The van der Waals surface area contributed by atoms with Crippen molar-refractivity contribution >= 4 is 29.1 Å². The van der Waals surface area contributed by atoms with Crippen LogP contribution in [0, 0.1) is 5.92 Å². The van der Waals surface area contributed by atoms with E-state index >= 15 is 0 Å². The van der Waals surface area contributed by atoms with Crippen molar-refractivity contribution in [3.8, 4) is 11.6 Å². The Kier molecular flexibility index (Phi) is 6.44. The second kappa shape index (κ2) is 9.58. The van der Waals surface area contributed by atoms with Crippen molar-refractivity contribution in [2.24, 2.45) is 5.92 Å². The molecule has 0 radical (unpaired) electrons. The normalized spacial score (nSPS) is 16.2.